The fourth-order valence-corrected chi connectivity index (χ4v) is 2.90. The maximum absolute atomic E-state index is 12.1. The van der Waals surface area contributed by atoms with E-state index in [0.717, 1.165) is 18.4 Å². The number of nitrogens with one attached hydrogen (secondary N) is 2. The van der Waals surface area contributed by atoms with Crippen molar-refractivity contribution >= 4 is 11.8 Å². The molecule has 1 aliphatic rings. The summed E-state index contributed by atoms with van der Waals surface area (Å²) in [6.07, 6.45) is 7.78. The number of rotatable bonds is 7. The van der Waals surface area contributed by atoms with Gasteiger partial charge in [0, 0.05) is 25.6 Å². The van der Waals surface area contributed by atoms with Gasteiger partial charge in [0.15, 0.2) is 0 Å². The van der Waals surface area contributed by atoms with E-state index in [-0.39, 0.29) is 11.8 Å². The molecule has 0 aliphatic heterocycles. The number of benzene rings is 1. The van der Waals surface area contributed by atoms with Gasteiger partial charge >= 0.3 is 0 Å². The molecule has 132 valence electrons. The van der Waals surface area contributed by atoms with Gasteiger partial charge in [0.25, 0.3) is 5.91 Å². The van der Waals surface area contributed by atoms with E-state index in [1.54, 1.807) is 12.1 Å². The first-order valence-electron chi connectivity index (χ1n) is 8.88. The lowest BCUT2D eigenvalue weighted by Crippen LogP contribution is -2.28. The van der Waals surface area contributed by atoms with Crippen molar-refractivity contribution in [2.24, 2.45) is 0 Å². The molecule has 0 spiro atoms. The van der Waals surface area contributed by atoms with E-state index >= 15 is 0 Å². The summed E-state index contributed by atoms with van der Waals surface area (Å²) in [6, 6.07) is 7.26. The van der Waals surface area contributed by atoms with Crippen LogP contribution in [0.1, 0.15) is 61.4 Å². The minimum atomic E-state index is -0.0921. The molecular weight excluding hydrogens is 304 g/mol. The quantitative estimate of drug-likeness (QED) is 0.596. The second-order valence-corrected chi connectivity index (χ2v) is 6.35. The second-order valence-electron chi connectivity index (χ2n) is 6.35. The summed E-state index contributed by atoms with van der Waals surface area (Å²) in [5, 5.41) is 5.62. The van der Waals surface area contributed by atoms with Crippen molar-refractivity contribution in [3.05, 3.63) is 35.4 Å². The molecule has 1 saturated carbocycles. The van der Waals surface area contributed by atoms with Crippen LogP contribution in [-0.2, 0) is 16.1 Å². The van der Waals surface area contributed by atoms with Crippen molar-refractivity contribution in [3.8, 4) is 0 Å². The van der Waals surface area contributed by atoms with Gasteiger partial charge in [-0.2, -0.15) is 0 Å². The maximum Gasteiger partial charge on any atom is 0.251 e. The predicted octanol–water partition coefficient (Wildman–Crippen LogP) is 2.79. The number of amides is 2. The summed E-state index contributed by atoms with van der Waals surface area (Å²) in [5.41, 5.74) is 1.59. The molecule has 0 bridgehead atoms. The third kappa shape index (κ3) is 6.71. The SMILES string of the molecule is CC(=O)NCc1ccc(C(=O)NCCOC2CCCCCC2)cc1. The molecule has 0 atom stereocenters. The van der Waals surface area contributed by atoms with Gasteiger partial charge in [-0.3, -0.25) is 9.59 Å². The highest BCUT2D eigenvalue weighted by atomic mass is 16.5. The first-order chi connectivity index (χ1) is 11.6. The minimum absolute atomic E-state index is 0.0644. The van der Waals surface area contributed by atoms with Gasteiger partial charge < -0.3 is 15.4 Å². The molecule has 2 rings (SSSR count). The van der Waals surface area contributed by atoms with E-state index in [1.165, 1.54) is 32.6 Å². The van der Waals surface area contributed by atoms with E-state index in [9.17, 15) is 9.59 Å². The Balaban J connectivity index is 1.67. The topological polar surface area (TPSA) is 67.4 Å². The van der Waals surface area contributed by atoms with Crippen LogP contribution in [0.15, 0.2) is 24.3 Å². The number of carbonyl (C=O) groups excluding carboxylic acids is 2. The molecule has 2 N–H and O–H groups in total. The molecule has 0 heterocycles. The van der Waals surface area contributed by atoms with Crippen molar-refractivity contribution < 1.29 is 14.3 Å². The Hall–Kier alpha value is -1.88. The minimum Gasteiger partial charge on any atom is -0.376 e. The van der Waals surface area contributed by atoms with E-state index in [0.29, 0.717) is 31.4 Å². The van der Waals surface area contributed by atoms with E-state index in [4.69, 9.17) is 4.74 Å². The fraction of sp³-hybridized carbons (Fsp3) is 0.579. The van der Waals surface area contributed by atoms with Crippen molar-refractivity contribution in [3.63, 3.8) is 0 Å². The van der Waals surface area contributed by atoms with E-state index < -0.39 is 0 Å². The molecule has 0 aromatic heterocycles. The third-order valence-corrected chi connectivity index (χ3v) is 4.30. The smallest absolute Gasteiger partial charge is 0.251 e. The van der Waals surface area contributed by atoms with Crippen LogP contribution >= 0.6 is 0 Å². The summed E-state index contributed by atoms with van der Waals surface area (Å²) in [4.78, 5) is 23.0. The zero-order chi connectivity index (χ0) is 17.2. The molecule has 1 aromatic rings. The lowest BCUT2D eigenvalue weighted by atomic mass is 10.1. The highest BCUT2D eigenvalue weighted by molar-refractivity contribution is 5.94. The Morgan fingerprint density at radius 3 is 2.33 bits per heavy atom. The molecule has 1 aromatic carbocycles. The van der Waals surface area contributed by atoms with Crippen LogP contribution in [0.5, 0.6) is 0 Å². The molecule has 1 aliphatic carbocycles. The van der Waals surface area contributed by atoms with Crippen molar-refractivity contribution in [1.82, 2.24) is 10.6 Å². The van der Waals surface area contributed by atoms with Crippen LogP contribution < -0.4 is 10.6 Å². The Labute approximate surface area is 144 Å². The zero-order valence-corrected chi connectivity index (χ0v) is 14.5. The van der Waals surface area contributed by atoms with Crippen molar-refractivity contribution in [1.29, 1.82) is 0 Å². The number of carbonyl (C=O) groups is 2. The second kappa shape index (κ2) is 10.1. The first-order valence-corrected chi connectivity index (χ1v) is 8.88. The lowest BCUT2D eigenvalue weighted by Gasteiger charge is -2.15. The largest absolute Gasteiger partial charge is 0.376 e. The third-order valence-electron chi connectivity index (χ3n) is 4.30. The van der Waals surface area contributed by atoms with Gasteiger partial charge in [-0.25, -0.2) is 0 Å². The van der Waals surface area contributed by atoms with Gasteiger partial charge in [-0.05, 0) is 30.5 Å². The summed E-state index contributed by atoms with van der Waals surface area (Å²) in [7, 11) is 0. The molecule has 1 fully saturated rings. The maximum atomic E-state index is 12.1. The van der Waals surface area contributed by atoms with Crippen LogP contribution in [0.3, 0.4) is 0 Å². The predicted molar refractivity (Wildman–Crippen MR) is 93.7 cm³/mol. The van der Waals surface area contributed by atoms with Crippen LogP contribution in [0.4, 0.5) is 0 Å². The van der Waals surface area contributed by atoms with Crippen LogP contribution in [-0.4, -0.2) is 31.1 Å². The Morgan fingerprint density at radius 1 is 1.04 bits per heavy atom. The van der Waals surface area contributed by atoms with Crippen molar-refractivity contribution in [2.45, 2.75) is 58.1 Å². The summed E-state index contributed by atoms with van der Waals surface area (Å²) in [6.45, 7) is 3.06. The summed E-state index contributed by atoms with van der Waals surface area (Å²) in [5.74, 6) is -0.156. The monoisotopic (exact) mass is 332 g/mol. The average Bonchev–Trinajstić information content (AvgIpc) is 2.86. The number of hydrogen-bond donors (Lipinski definition) is 2. The highest BCUT2D eigenvalue weighted by Gasteiger charge is 2.12. The fourth-order valence-electron chi connectivity index (χ4n) is 2.90. The van der Waals surface area contributed by atoms with Crippen LogP contribution in [0, 0.1) is 0 Å². The Kier molecular flexibility index (Phi) is 7.75. The summed E-state index contributed by atoms with van der Waals surface area (Å²) < 4.78 is 5.87. The normalized spacial score (nSPS) is 15.5. The molecular formula is C19H28N2O3. The molecule has 2 amide bonds. The molecule has 5 nitrogen and oxygen atoms in total. The van der Waals surface area contributed by atoms with Crippen LogP contribution in [0.2, 0.25) is 0 Å². The standard InChI is InChI=1S/C19H28N2O3/c1-15(22)21-14-16-8-10-17(11-9-16)19(23)20-12-13-24-18-6-4-2-3-5-7-18/h8-11,18H,2-7,12-14H2,1H3,(H,20,23)(H,21,22). The Bertz CT molecular complexity index is 520. The van der Waals surface area contributed by atoms with Gasteiger partial charge in [0.1, 0.15) is 0 Å². The highest BCUT2D eigenvalue weighted by Crippen LogP contribution is 2.19. The van der Waals surface area contributed by atoms with Crippen LogP contribution in [0.25, 0.3) is 0 Å². The van der Waals surface area contributed by atoms with Gasteiger partial charge in [0.2, 0.25) is 5.91 Å². The van der Waals surface area contributed by atoms with Gasteiger partial charge in [-0.1, -0.05) is 37.8 Å². The Morgan fingerprint density at radius 2 is 1.71 bits per heavy atom. The first kappa shape index (κ1) is 18.5. The molecule has 5 heteroatoms. The molecule has 0 saturated heterocycles. The summed E-state index contributed by atoms with van der Waals surface area (Å²) >= 11 is 0. The molecule has 24 heavy (non-hydrogen) atoms. The van der Waals surface area contributed by atoms with Gasteiger partial charge in [0.05, 0.1) is 12.7 Å². The number of hydrogen-bond acceptors (Lipinski definition) is 3. The van der Waals surface area contributed by atoms with E-state index in [1.807, 2.05) is 12.1 Å². The molecule has 0 unspecified atom stereocenters. The van der Waals surface area contributed by atoms with Gasteiger partial charge in [-0.15, -0.1) is 0 Å². The zero-order valence-electron chi connectivity index (χ0n) is 14.5. The van der Waals surface area contributed by atoms with Crippen molar-refractivity contribution in [2.75, 3.05) is 13.2 Å². The molecule has 0 radical (unpaired) electrons. The number of ether oxygens (including phenoxy) is 1. The van der Waals surface area contributed by atoms with E-state index in [2.05, 4.69) is 10.6 Å². The average molecular weight is 332 g/mol. The lowest BCUT2D eigenvalue weighted by molar-refractivity contribution is -0.119.